The standard InChI is InChI=1S/C21H15Cl2N3O2S/c1-25-20(28)15(19(27)24-21(25)29)9-13-11-26(18-5-3-2-4-14(13)18)10-12-6-7-16(22)17(23)8-12/h2-9,11H,10H2,1H3,(H,24,27,29)/b15-9-. The predicted molar refractivity (Wildman–Crippen MR) is 119 cm³/mol. The Balaban J connectivity index is 1.78. The first-order valence-corrected chi connectivity index (χ1v) is 9.88. The number of likely N-dealkylation sites (N-methyl/N-ethyl adjacent to an activating group) is 1. The van der Waals surface area contributed by atoms with E-state index in [-0.39, 0.29) is 10.7 Å². The van der Waals surface area contributed by atoms with E-state index in [9.17, 15) is 9.59 Å². The van der Waals surface area contributed by atoms with Crippen molar-refractivity contribution < 1.29 is 9.59 Å². The lowest BCUT2D eigenvalue weighted by Gasteiger charge is -2.24. The van der Waals surface area contributed by atoms with Crippen LogP contribution in [0.5, 0.6) is 0 Å². The predicted octanol–water partition coefficient (Wildman–Crippen LogP) is 4.25. The zero-order valence-electron chi connectivity index (χ0n) is 15.3. The zero-order chi connectivity index (χ0) is 20.7. The van der Waals surface area contributed by atoms with E-state index in [0.29, 0.717) is 16.6 Å². The van der Waals surface area contributed by atoms with Crippen LogP contribution in [-0.4, -0.2) is 33.4 Å². The Morgan fingerprint density at radius 1 is 1.10 bits per heavy atom. The molecule has 8 heteroatoms. The number of amides is 2. The molecule has 0 atom stereocenters. The summed E-state index contributed by atoms with van der Waals surface area (Å²) in [5.41, 5.74) is 2.76. The number of carbonyl (C=O) groups excluding carboxylic acids is 2. The first-order chi connectivity index (χ1) is 13.8. The van der Waals surface area contributed by atoms with Crippen molar-refractivity contribution in [2.45, 2.75) is 6.54 Å². The maximum atomic E-state index is 12.5. The van der Waals surface area contributed by atoms with Crippen LogP contribution in [0, 0.1) is 0 Å². The molecule has 29 heavy (non-hydrogen) atoms. The van der Waals surface area contributed by atoms with Gasteiger partial charge in [0.2, 0.25) is 0 Å². The molecule has 0 unspecified atom stereocenters. The van der Waals surface area contributed by atoms with Crippen LogP contribution in [-0.2, 0) is 16.1 Å². The van der Waals surface area contributed by atoms with Crippen LogP contribution in [0.15, 0.2) is 54.2 Å². The van der Waals surface area contributed by atoms with Crippen molar-refractivity contribution >= 4 is 69.3 Å². The number of thiocarbonyl (C=S) groups is 1. The third kappa shape index (κ3) is 3.67. The Bertz CT molecular complexity index is 1220. The van der Waals surface area contributed by atoms with Gasteiger partial charge in [0.05, 0.1) is 10.0 Å². The van der Waals surface area contributed by atoms with Crippen LogP contribution in [0.4, 0.5) is 0 Å². The molecule has 5 nitrogen and oxygen atoms in total. The van der Waals surface area contributed by atoms with Gasteiger partial charge >= 0.3 is 0 Å². The number of hydrogen-bond acceptors (Lipinski definition) is 3. The Kier molecular flexibility index (Phi) is 5.17. The van der Waals surface area contributed by atoms with Crippen LogP contribution in [0.25, 0.3) is 17.0 Å². The summed E-state index contributed by atoms with van der Waals surface area (Å²) in [4.78, 5) is 26.1. The van der Waals surface area contributed by atoms with E-state index in [1.165, 1.54) is 11.9 Å². The molecular weight excluding hydrogens is 429 g/mol. The average molecular weight is 444 g/mol. The summed E-state index contributed by atoms with van der Waals surface area (Å²) in [5.74, 6) is -0.931. The van der Waals surface area contributed by atoms with Gasteiger partial charge in [-0.2, -0.15) is 0 Å². The van der Waals surface area contributed by atoms with E-state index in [4.69, 9.17) is 35.4 Å². The lowest BCUT2D eigenvalue weighted by molar-refractivity contribution is -0.128. The lowest BCUT2D eigenvalue weighted by Crippen LogP contribution is -2.52. The molecule has 2 amide bonds. The highest BCUT2D eigenvalue weighted by atomic mass is 35.5. The Morgan fingerprint density at radius 2 is 1.86 bits per heavy atom. The maximum absolute atomic E-state index is 12.5. The van der Waals surface area contributed by atoms with Crippen molar-refractivity contribution in [3.63, 3.8) is 0 Å². The van der Waals surface area contributed by atoms with E-state index in [2.05, 4.69) is 5.32 Å². The summed E-state index contributed by atoms with van der Waals surface area (Å²) >= 11 is 17.1. The molecule has 2 heterocycles. The number of benzene rings is 2. The summed E-state index contributed by atoms with van der Waals surface area (Å²) in [6.07, 6.45) is 3.51. The Morgan fingerprint density at radius 3 is 2.62 bits per heavy atom. The van der Waals surface area contributed by atoms with Gasteiger partial charge in [0.15, 0.2) is 5.11 Å². The SMILES string of the molecule is CN1C(=O)/C(=C\c2cn(Cc3ccc(Cl)c(Cl)c3)c3ccccc23)C(=O)NC1=S. The molecule has 1 aromatic heterocycles. The smallest absolute Gasteiger partial charge is 0.265 e. The van der Waals surface area contributed by atoms with Crippen LogP contribution < -0.4 is 5.32 Å². The second-order valence-corrected chi connectivity index (χ2v) is 7.86. The molecule has 3 aromatic rings. The first-order valence-electron chi connectivity index (χ1n) is 8.72. The van der Waals surface area contributed by atoms with E-state index in [1.54, 1.807) is 12.1 Å². The van der Waals surface area contributed by atoms with Gasteiger partial charge in [-0.1, -0.05) is 47.5 Å². The van der Waals surface area contributed by atoms with Gasteiger partial charge in [0.25, 0.3) is 11.8 Å². The van der Waals surface area contributed by atoms with Crippen LogP contribution in [0.3, 0.4) is 0 Å². The molecule has 0 saturated carbocycles. The van der Waals surface area contributed by atoms with Crippen molar-refractivity contribution in [2.24, 2.45) is 0 Å². The molecule has 4 rings (SSSR count). The number of nitrogens with zero attached hydrogens (tertiary/aromatic N) is 2. The topological polar surface area (TPSA) is 54.3 Å². The molecule has 0 bridgehead atoms. The molecule has 0 spiro atoms. The minimum absolute atomic E-state index is 0.0403. The molecule has 1 N–H and O–H groups in total. The number of nitrogens with one attached hydrogen (secondary N) is 1. The highest BCUT2D eigenvalue weighted by Crippen LogP contribution is 2.27. The Hall–Kier alpha value is -2.67. The van der Waals surface area contributed by atoms with Crippen molar-refractivity contribution in [3.8, 4) is 0 Å². The monoisotopic (exact) mass is 443 g/mol. The summed E-state index contributed by atoms with van der Waals surface area (Å²) in [5, 5.41) is 4.55. The third-order valence-electron chi connectivity index (χ3n) is 4.76. The lowest BCUT2D eigenvalue weighted by atomic mass is 10.1. The summed E-state index contributed by atoms with van der Waals surface area (Å²) in [6, 6.07) is 13.3. The maximum Gasteiger partial charge on any atom is 0.265 e. The number of rotatable bonds is 3. The van der Waals surface area contributed by atoms with Gasteiger partial charge < -0.3 is 4.57 Å². The second-order valence-electron chi connectivity index (χ2n) is 6.66. The van der Waals surface area contributed by atoms with Crippen molar-refractivity contribution in [1.82, 2.24) is 14.8 Å². The number of hydrogen-bond donors (Lipinski definition) is 1. The van der Waals surface area contributed by atoms with Gasteiger partial charge in [-0.25, -0.2) is 0 Å². The Labute approximate surface area is 182 Å². The number of halogens is 2. The number of aromatic nitrogens is 1. The molecule has 1 aliphatic heterocycles. The van der Waals surface area contributed by atoms with Crippen molar-refractivity contribution in [3.05, 3.63) is 75.4 Å². The van der Waals surface area contributed by atoms with Crippen LogP contribution in [0.2, 0.25) is 10.0 Å². The molecular formula is C21H15Cl2N3O2S. The fourth-order valence-electron chi connectivity index (χ4n) is 3.26. The molecule has 0 radical (unpaired) electrons. The average Bonchev–Trinajstić information content (AvgIpc) is 3.04. The fourth-order valence-corrected chi connectivity index (χ4v) is 3.75. The number of fused-ring (bicyclic) bond motifs is 1. The van der Waals surface area contributed by atoms with Crippen molar-refractivity contribution in [2.75, 3.05) is 7.05 Å². The zero-order valence-corrected chi connectivity index (χ0v) is 17.6. The quantitative estimate of drug-likeness (QED) is 0.373. The van der Waals surface area contributed by atoms with Crippen LogP contribution in [0.1, 0.15) is 11.1 Å². The molecule has 146 valence electrons. The molecule has 0 aliphatic carbocycles. The molecule has 2 aromatic carbocycles. The van der Waals surface area contributed by atoms with E-state index in [1.807, 2.05) is 47.2 Å². The van der Waals surface area contributed by atoms with Crippen LogP contribution >= 0.6 is 35.4 Å². The van der Waals surface area contributed by atoms with E-state index < -0.39 is 11.8 Å². The molecule has 1 fully saturated rings. The van der Waals surface area contributed by atoms with Gasteiger partial charge in [0.1, 0.15) is 5.57 Å². The van der Waals surface area contributed by atoms with E-state index >= 15 is 0 Å². The first kappa shape index (κ1) is 19.6. The molecule has 1 saturated heterocycles. The normalized spacial score (nSPS) is 16.0. The van der Waals surface area contributed by atoms with Gasteiger partial charge in [0, 0.05) is 36.3 Å². The third-order valence-corrected chi connectivity index (χ3v) is 5.88. The minimum atomic E-state index is -0.501. The van der Waals surface area contributed by atoms with Gasteiger partial charge in [-0.05, 0) is 42.1 Å². The number of para-hydroxylation sites is 1. The van der Waals surface area contributed by atoms with Gasteiger partial charge in [-0.15, -0.1) is 0 Å². The summed E-state index contributed by atoms with van der Waals surface area (Å²) in [6.45, 7) is 0.560. The van der Waals surface area contributed by atoms with Gasteiger partial charge in [-0.3, -0.25) is 19.8 Å². The highest BCUT2D eigenvalue weighted by Gasteiger charge is 2.31. The summed E-state index contributed by atoms with van der Waals surface area (Å²) < 4.78 is 2.04. The second kappa shape index (κ2) is 7.63. The fraction of sp³-hybridized carbons (Fsp3) is 0.0952. The number of carbonyl (C=O) groups is 2. The molecule has 1 aliphatic rings. The highest BCUT2D eigenvalue weighted by molar-refractivity contribution is 7.80. The largest absolute Gasteiger partial charge is 0.342 e. The summed E-state index contributed by atoms with van der Waals surface area (Å²) in [7, 11) is 1.53. The van der Waals surface area contributed by atoms with Crippen molar-refractivity contribution in [1.29, 1.82) is 0 Å². The minimum Gasteiger partial charge on any atom is -0.342 e. The van der Waals surface area contributed by atoms with E-state index in [0.717, 1.165) is 22.0 Å².